The van der Waals surface area contributed by atoms with Crippen LogP contribution in [0.1, 0.15) is 194 Å². The lowest BCUT2D eigenvalue weighted by Crippen LogP contribution is -2.45. The summed E-state index contributed by atoms with van der Waals surface area (Å²) in [5.41, 5.74) is 0. The van der Waals surface area contributed by atoms with E-state index in [0.717, 1.165) is 57.8 Å². The van der Waals surface area contributed by atoms with Gasteiger partial charge in [-0.25, -0.2) is 0 Å². The second-order valence-electron chi connectivity index (χ2n) is 17.4. The van der Waals surface area contributed by atoms with Gasteiger partial charge < -0.3 is 28.8 Å². The van der Waals surface area contributed by atoms with Crippen molar-refractivity contribution in [1.29, 1.82) is 0 Å². The summed E-state index contributed by atoms with van der Waals surface area (Å²) in [5, 5.41) is 13.8. The van der Waals surface area contributed by atoms with Gasteiger partial charge in [0.05, 0.1) is 39.9 Å². The van der Waals surface area contributed by atoms with Gasteiger partial charge in [0, 0.05) is 6.42 Å². The number of aliphatic hydroxyl groups is 1. The van der Waals surface area contributed by atoms with Crippen molar-refractivity contribution in [2.75, 3.05) is 40.9 Å². The maximum absolute atomic E-state index is 12.9. The van der Waals surface area contributed by atoms with Crippen LogP contribution in [0, 0.1) is 0 Å². The molecule has 0 spiro atoms. The Hall–Kier alpha value is -2.06. The van der Waals surface area contributed by atoms with Crippen LogP contribution in [-0.2, 0) is 18.4 Å². The van der Waals surface area contributed by atoms with Crippen LogP contribution in [0.3, 0.4) is 0 Å². The molecular weight excluding hydrogens is 768 g/mol. The Morgan fingerprint density at radius 1 is 0.600 bits per heavy atom. The molecule has 0 aliphatic carbocycles. The van der Waals surface area contributed by atoms with Crippen LogP contribution in [0.5, 0.6) is 0 Å². The molecule has 8 nitrogen and oxygen atoms in total. The molecule has 9 heteroatoms. The molecule has 0 aromatic rings. The van der Waals surface area contributed by atoms with Crippen molar-refractivity contribution in [3.63, 3.8) is 0 Å². The topological polar surface area (TPSA) is 108 Å². The van der Waals surface area contributed by atoms with E-state index in [4.69, 9.17) is 9.05 Å². The van der Waals surface area contributed by atoms with Gasteiger partial charge in [-0.2, -0.15) is 0 Å². The Kier molecular flexibility index (Phi) is 40.8. The van der Waals surface area contributed by atoms with E-state index in [1.54, 1.807) is 6.08 Å². The fraction of sp³-hybridized carbons (Fsp3) is 0.745. The molecule has 348 valence electrons. The smallest absolute Gasteiger partial charge is 0.268 e. The Labute approximate surface area is 370 Å². The summed E-state index contributed by atoms with van der Waals surface area (Å²) in [6, 6.07) is -0.920. The number of carbonyl (C=O) groups excluding carboxylic acids is 1. The number of likely N-dealkylation sites (N-methyl/N-ethyl adjacent to an activating group) is 1. The summed E-state index contributed by atoms with van der Waals surface area (Å²) in [7, 11) is 1.22. The Bertz CT molecular complexity index is 1200. The van der Waals surface area contributed by atoms with Crippen LogP contribution in [0.15, 0.2) is 72.9 Å². The van der Waals surface area contributed by atoms with Crippen LogP contribution in [0.2, 0.25) is 0 Å². The third kappa shape index (κ3) is 44.0. The molecule has 0 aromatic carbocycles. The first-order valence-electron chi connectivity index (χ1n) is 24.3. The van der Waals surface area contributed by atoms with Gasteiger partial charge in [0.1, 0.15) is 13.2 Å². The highest BCUT2D eigenvalue weighted by atomic mass is 31.2. The van der Waals surface area contributed by atoms with E-state index in [1.807, 2.05) is 27.2 Å². The predicted octanol–water partition coefficient (Wildman–Crippen LogP) is 13.3. The number of nitrogens with one attached hydrogen (secondary N) is 1. The van der Waals surface area contributed by atoms with E-state index in [2.05, 4.69) is 79.9 Å². The van der Waals surface area contributed by atoms with Gasteiger partial charge >= 0.3 is 0 Å². The number of nitrogens with zero attached hydrogens (tertiary/aromatic N) is 1. The zero-order valence-corrected chi connectivity index (χ0v) is 40.3. The molecule has 0 aliphatic rings. The number of rotatable bonds is 43. The monoisotopic (exact) mass is 861 g/mol. The molecule has 3 unspecified atom stereocenters. The summed E-state index contributed by atoms with van der Waals surface area (Å²) < 4.78 is 23.2. The lowest BCUT2D eigenvalue weighted by atomic mass is 10.0. The van der Waals surface area contributed by atoms with Crippen molar-refractivity contribution in [2.24, 2.45) is 0 Å². The lowest BCUT2D eigenvalue weighted by Gasteiger charge is -2.29. The number of allylic oxidation sites excluding steroid dienone is 11. The van der Waals surface area contributed by atoms with Crippen molar-refractivity contribution in [3.8, 4) is 0 Å². The molecule has 3 atom stereocenters. The Balaban J connectivity index is 4.45. The first-order chi connectivity index (χ1) is 29.0. The summed E-state index contributed by atoms with van der Waals surface area (Å²) in [6.07, 6.45) is 56.8. The van der Waals surface area contributed by atoms with Crippen LogP contribution in [-0.4, -0.2) is 68.5 Å². The Morgan fingerprint density at radius 3 is 1.47 bits per heavy atom. The number of phosphoric ester groups is 1. The number of carbonyl (C=O) groups is 1. The predicted molar refractivity (Wildman–Crippen MR) is 256 cm³/mol. The number of unbranched alkanes of at least 4 members (excludes halogenated alkanes) is 20. The summed E-state index contributed by atoms with van der Waals surface area (Å²) in [6.45, 7) is 4.49. The average Bonchev–Trinajstić information content (AvgIpc) is 3.20. The van der Waals surface area contributed by atoms with E-state index in [0.29, 0.717) is 17.4 Å². The van der Waals surface area contributed by atoms with Crippen LogP contribution < -0.4 is 10.2 Å². The highest BCUT2D eigenvalue weighted by Gasteiger charge is 2.23. The van der Waals surface area contributed by atoms with Crippen molar-refractivity contribution in [2.45, 2.75) is 206 Å². The van der Waals surface area contributed by atoms with E-state index >= 15 is 0 Å². The van der Waals surface area contributed by atoms with E-state index < -0.39 is 26.6 Å². The quantitative estimate of drug-likeness (QED) is 0.0274. The first-order valence-corrected chi connectivity index (χ1v) is 25.8. The van der Waals surface area contributed by atoms with Crippen molar-refractivity contribution < 1.29 is 32.9 Å². The molecule has 0 bridgehead atoms. The summed E-state index contributed by atoms with van der Waals surface area (Å²) in [5.74, 6) is -0.256. The average molecular weight is 861 g/mol. The molecule has 0 aromatic heterocycles. The first kappa shape index (κ1) is 57.9. The molecule has 0 fully saturated rings. The molecule has 60 heavy (non-hydrogen) atoms. The second-order valence-corrected chi connectivity index (χ2v) is 18.8. The molecule has 2 N–H and O–H groups in total. The number of aliphatic hydroxyl groups excluding tert-OH is 1. The fourth-order valence-electron chi connectivity index (χ4n) is 6.60. The molecule has 1 amide bonds. The van der Waals surface area contributed by atoms with Gasteiger partial charge in [0.25, 0.3) is 7.82 Å². The SMILES string of the molecule is CC/C=C\C/C=C\C/C=C\C/C=C\C/C=C\CCCC(=O)NC(COP(=O)([O-])OCC[N+](C)(C)C)C(O)/C=C/CCCCCCCCCCCCCCCCCCCCC. The number of quaternary nitrogens is 1. The van der Waals surface area contributed by atoms with Crippen LogP contribution in [0.4, 0.5) is 0 Å². The lowest BCUT2D eigenvalue weighted by molar-refractivity contribution is -0.870. The largest absolute Gasteiger partial charge is 0.756 e. The zero-order valence-electron chi connectivity index (χ0n) is 39.4. The fourth-order valence-corrected chi connectivity index (χ4v) is 7.32. The van der Waals surface area contributed by atoms with Crippen LogP contribution >= 0.6 is 7.82 Å². The van der Waals surface area contributed by atoms with E-state index in [-0.39, 0.29) is 18.9 Å². The summed E-state index contributed by atoms with van der Waals surface area (Å²) in [4.78, 5) is 25.3. The van der Waals surface area contributed by atoms with Crippen molar-refractivity contribution in [3.05, 3.63) is 72.9 Å². The molecule has 0 saturated heterocycles. The number of phosphoric acid groups is 1. The minimum Gasteiger partial charge on any atom is -0.756 e. The minimum absolute atomic E-state index is 0.0149. The van der Waals surface area contributed by atoms with Gasteiger partial charge in [-0.3, -0.25) is 9.36 Å². The third-order valence-corrected chi connectivity index (χ3v) is 11.4. The molecule has 0 heterocycles. The third-order valence-electron chi connectivity index (χ3n) is 10.4. The van der Waals surface area contributed by atoms with Gasteiger partial charge in [-0.15, -0.1) is 0 Å². The van der Waals surface area contributed by atoms with Crippen molar-refractivity contribution in [1.82, 2.24) is 5.32 Å². The molecule has 0 rings (SSSR count). The van der Waals surface area contributed by atoms with Gasteiger partial charge in [0.2, 0.25) is 5.91 Å². The van der Waals surface area contributed by atoms with E-state index in [1.165, 1.54) is 109 Å². The maximum atomic E-state index is 12.9. The number of amides is 1. The summed E-state index contributed by atoms with van der Waals surface area (Å²) >= 11 is 0. The standard InChI is InChI=1S/C51H93N2O6P/c1-6-8-10-12-14-16-18-20-22-24-25-26-27-29-30-32-34-36-38-40-42-44-50(54)49(48-59-60(56,57)58-47-46-53(3,4)5)52-51(55)45-43-41-39-37-35-33-31-28-23-21-19-17-15-13-11-9-7-2/h9,11,15,17,21,23,31,33,37,39,42,44,49-50,54H,6-8,10,12-14,16,18-20,22,24-30,32,34-36,38,40-41,43,45-48H2,1-5H3,(H-,52,55,56,57)/b11-9-,17-15-,23-21-,33-31-,39-37-,44-42+. The van der Waals surface area contributed by atoms with Crippen molar-refractivity contribution >= 4 is 13.7 Å². The number of hydrogen-bond donors (Lipinski definition) is 2. The Morgan fingerprint density at radius 2 is 1.02 bits per heavy atom. The van der Waals surface area contributed by atoms with Gasteiger partial charge in [0.15, 0.2) is 0 Å². The molecule has 0 aliphatic heterocycles. The van der Waals surface area contributed by atoms with Gasteiger partial charge in [-0.05, 0) is 57.8 Å². The highest BCUT2D eigenvalue weighted by molar-refractivity contribution is 7.45. The minimum atomic E-state index is -4.61. The van der Waals surface area contributed by atoms with E-state index in [9.17, 15) is 19.4 Å². The second kappa shape index (κ2) is 42.3. The van der Waals surface area contributed by atoms with Gasteiger partial charge in [-0.1, -0.05) is 202 Å². The maximum Gasteiger partial charge on any atom is 0.268 e. The molecular formula is C51H93N2O6P. The molecule has 0 saturated carbocycles. The molecule has 0 radical (unpaired) electrons. The van der Waals surface area contributed by atoms with Crippen LogP contribution in [0.25, 0.3) is 0 Å². The highest BCUT2D eigenvalue weighted by Crippen LogP contribution is 2.38. The normalized spacial score (nSPS) is 14.8. The number of hydrogen-bond acceptors (Lipinski definition) is 6. The zero-order chi connectivity index (χ0) is 44.3.